The van der Waals surface area contributed by atoms with Gasteiger partial charge >= 0.3 is 6.03 Å². The van der Waals surface area contributed by atoms with E-state index in [4.69, 9.17) is 0 Å². The molecule has 1 aromatic rings. The quantitative estimate of drug-likeness (QED) is 0.780. The number of anilines is 1. The zero-order valence-corrected chi connectivity index (χ0v) is 14.5. The van der Waals surface area contributed by atoms with Gasteiger partial charge in [0, 0.05) is 12.0 Å². The molecule has 0 bridgehead atoms. The average Bonchev–Trinajstić information content (AvgIpc) is 2.73. The molecule has 7 heteroatoms. The highest BCUT2D eigenvalue weighted by Gasteiger charge is 2.22. The Bertz CT molecular complexity index is 478. The Kier molecular flexibility index (Phi) is 5.69. The number of hydrogen-bond acceptors (Lipinski definition) is 5. The molecule has 1 unspecified atom stereocenters. The predicted octanol–water partition coefficient (Wildman–Crippen LogP) is 2.75. The minimum atomic E-state index is -0.387. The van der Waals surface area contributed by atoms with Crippen molar-refractivity contribution in [2.45, 2.75) is 59.5 Å². The zero-order valence-electron chi connectivity index (χ0n) is 13.6. The summed E-state index contributed by atoms with van der Waals surface area (Å²) in [6, 6.07) is -0.301. The summed E-state index contributed by atoms with van der Waals surface area (Å²) in [6.07, 6.45) is 0.239. The summed E-state index contributed by atoms with van der Waals surface area (Å²) >= 11 is 1.38. The van der Waals surface area contributed by atoms with Crippen LogP contribution in [0.2, 0.25) is 0 Å². The molecule has 0 spiro atoms. The maximum Gasteiger partial charge on any atom is 0.321 e. The van der Waals surface area contributed by atoms with Crippen LogP contribution in [0.1, 0.15) is 53.0 Å². The zero-order chi connectivity index (χ0) is 16.3. The molecule has 0 aliphatic rings. The molecule has 21 heavy (non-hydrogen) atoms. The van der Waals surface area contributed by atoms with Gasteiger partial charge in [-0.1, -0.05) is 46.0 Å². The van der Waals surface area contributed by atoms with E-state index in [1.54, 1.807) is 6.92 Å². The summed E-state index contributed by atoms with van der Waals surface area (Å²) in [5, 5.41) is 24.3. The lowest BCUT2D eigenvalue weighted by Crippen LogP contribution is -2.38. The highest BCUT2D eigenvalue weighted by molar-refractivity contribution is 7.15. The molecule has 0 fully saturated rings. The van der Waals surface area contributed by atoms with E-state index < -0.39 is 0 Å². The van der Waals surface area contributed by atoms with Crippen molar-refractivity contribution in [3.8, 4) is 0 Å². The Balaban J connectivity index is 2.49. The lowest BCUT2D eigenvalue weighted by atomic mass is 9.87. The van der Waals surface area contributed by atoms with Gasteiger partial charge in [0.2, 0.25) is 5.13 Å². The van der Waals surface area contributed by atoms with Crippen molar-refractivity contribution in [2.24, 2.45) is 5.41 Å². The Morgan fingerprint density at radius 1 is 1.29 bits per heavy atom. The van der Waals surface area contributed by atoms with Crippen LogP contribution < -0.4 is 10.6 Å². The minimum absolute atomic E-state index is 0.0761. The molecule has 0 radical (unpaired) electrons. The fraction of sp³-hybridized carbons (Fsp3) is 0.786. The SMILES string of the molecule is CC(O)CC(C)(C)CNC(=O)Nc1nnc(C(C)(C)C)s1. The second-order valence-corrected chi connectivity index (χ2v) is 8.16. The van der Waals surface area contributed by atoms with Gasteiger partial charge < -0.3 is 10.4 Å². The van der Waals surface area contributed by atoms with Crippen LogP contribution >= 0.6 is 11.3 Å². The first kappa shape index (κ1) is 17.8. The van der Waals surface area contributed by atoms with Crippen LogP contribution in [0.3, 0.4) is 0 Å². The van der Waals surface area contributed by atoms with Crippen LogP contribution in [0.5, 0.6) is 0 Å². The molecule has 0 saturated carbocycles. The second-order valence-electron chi connectivity index (χ2n) is 7.19. The number of aliphatic hydroxyl groups excluding tert-OH is 1. The molecule has 0 aliphatic carbocycles. The van der Waals surface area contributed by atoms with E-state index in [1.165, 1.54) is 11.3 Å². The van der Waals surface area contributed by atoms with Crippen molar-refractivity contribution < 1.29 is 9.90 Å². The molecule has 2 amide bonds. The van der Waals surface area contributed by atoms with Gasteiger partial charge in [-0.05, 0) is 18.8 Å². The number of nitrogens with zero attached hydrogens (tertiary/aromatic N) is 2. The van der Waals surface area contributed by atoms with E-state index in [0.29, 0.717) is 18.1 Å². The monoisotopic (exact) mass is 314 g/mol. The summed E-state index contributed by atoms with van der Waals surface area (Å²) in [6.45, 7) is 12.4. The number of carbonyl (C=O) groups is 1. The third kappa shape index (κ3) is 6.39. The molecule has 6 nitrogen and oxygen atoms in total. The van der Waals surface area contributed by atoms with Crippen molar-refractivity contribution in [2.75, 3.05) is 11.9 Å². The summed E-state index contributed by atoms with van der Waals surface area (Å²) in [5.74, 6) is 0. The molecule has 1 heterocycles. The standard InChI is InChI=1S/C14H26N4O2S/c1-9(19)7-14(5,6)8-15-11(20)16-12-18-17-10(21-12)13(2,3)4/h9,19H,7-8H2,1-6H3,(H2,15,16,18,20). The molecule has 120 valence electrons. The molecule has 0 aliphatic heterocycles. The first-order valence-electron chi connectivity index (χ1n) is 7.06. The first-order chi connectivity index (χ1) is 9.49. The van der Waals surface area contributed by atoms with Crippen LogP contribution in [-0.2, 0) is 5.41 Å². The predicted molar refractivity (Wildman–Crippen MR) is 85.7 cm³/mol. The maximum atomic E-state index is 11.9. The number of aliphatic hydroxyl groups is 1. The average molecular weight is 314 g/mol. The van der Waals surface area contributed by atoms with Gasteiger partial charge in [-0.3, -0.25) is 5.32 Å². The molecule has 1 aromatic heterocycles. The van der Waals surface area contributed by atoms with Crippen molar-refractivity contribution in [3.63, 3.8) is 0 Å². The Hall–Kier alpha value is -1.21. The molecular formula is C14H26N4O2S. The summed E-state index contributed by atoms with van der Waals surface area (Å²) in [4.78, 5) is 11.9. The largest absolute Gasteiger partial charge is 0.393 e. The first-order valence-corrected chi connectivity index (χ1v) is 7.88. The van der Waals surface area contributed by atoms with Crippen LogP contribution in [0, 0.1) is 5.41 Å². The van der Waals surface area contributed by atoms with Gasteiger partial charge in [-0.25, -0.2) is 4.79 Å². The van der Waals surface area contributed by atoms with Gasteiger partial charge in [0.25, 0.3) is 0 Å². The highest BCUT2D eigenvalue weighted by atomic mass is 32.1. The van der Waals surface area contributed by atoms with Crippen LogP contribution in [0.25, 0.3) is 0 Å². The van der Waals surface area contributed by atoms with Crippen LogP contribution in [0.4, 0.5) is 9.93 Å². The van der Waals surface area contributed by atoms with Gasteiger partial charge in [0.1, 0.15) is 5.01 Å². The second kappa shape index (κ2) is 6.70. The van der Waals surface area contributed by atoms with E-state index in [1.807, 2.05) is 13.8 Å². The summed E-state index contributed by atoms with van der Waals surface area (Å²) < 4.78 is 0. The minimum Gasteiger partial charge on any atom is -0.393 e. The number of aromatic nitrogens is 2. The van der Waals surface area contributed by atoms with Gasteiger partial charge in [0.15, 0.2) is 0 Å². The van der Waals surface area contributed by atoms with Crippen molar-refractivity contribution in [1.82, 2.24) is 15.5 Å². The smallest absolute Gasteiger partial charge is 0.321 e. The number of hydrogen-bond donors (Lipinski definition) is 3. The van der Waals surface area contributed by atoms with E-state index >= 15 is 0 Å². The van der Waals surface area contributed by atoms with Crippen LogP contribution in [0.15, 0.2) is 0 Å². The maximum absolute atomic E-state index is 11.9. The number of carbonyl (C=O) groups excluding carboxylic acids is 1. The molecule has 1 atom stereocenters. The van der Waals surface area contributed by atoms with E-state index in [-0.39, 0.29) is 23.0 Å². The highest BCUT2D eigenvalue weighted by Crippen LogP contribution is 2.27. The number of nitrogens with one attached hydrogen (secondary N) is 2. The van der Waals surface area contributed by atoms with E-state index in [2.05, 4.69) is 41.6 Å². The molecule has 0 saturated heterocycles. The normalized spacial score (nSPS) is 13.9. The number of urea groups is 1. The van der Waals surface area contributed by atoms with Gasteiger partial charge in [0.05, 0.1) is 6.10 Å². The fourth-order valence-corrected chi connectivity index (χ4v) is 2.71. The van der Waals surface area contributed by atoms with Gasteiger partial charge in [-0.2, -0.15) is 0 Å². The fourth-order valence-electron chi connectivity index (χ4n) is 1.91. The van der Waals surface area contributed by atoms with Crippen molar-refractivity contribution in [1.29, 1.82) is 0 Å². The molecule has 3 N–H and O–H groups in total. The topological polar surface area (TPSA) is 87.1 Å². The Labute approximate surface area is 130 Å². The third-order valence-electron chi connectivity index (χ3n) is 2.86. The van der Waals surface area contributed by atoms with Crippen LogP contribution in [-0.4, -0.2) is 34.0 Å². The van der Waals surface area contributed by atoms with Crippen molar-refractivity contribution in [3.05, 3.63) is 5.01 Å². The lowest BCUT2D eigenvalue weighted by molar-refractivity contribution is 0.129. The number of amides is 2. The Morgan fingerprint density at radius 3 is 2.38 bits per heavy atom. The molecular weight excluding hydrogens is 288 g/mol. The van der Waals surface area contributed by atoms with Gasteiger partial charge in [-0.15, -0.1) is 10.2 Å². The third-order valence-corrected chi connectivity index (χ3v) is 4.13. The van der Waals surface area contributed by atoms with E-state index in [0.717, 1.165) is 5.01 Å². The Morgan fingerprint density at radius 2 is 1.90 bits per heavy atom. The summed E-state index contributed by atoms with van der Waals surface area (Å²) in [7, 11) is 0. The molecule has 0 aromatic carbocycles. The van der Waals surface area contributed by atoms with E-state index in [9.17, 15) is 9.90 Å². The number of rotatable bonds is 5. The van der Waals surface area contributed by atoms with Crippen molar-refractivity contribution >= 4 is 22.5 Å². The summed E-state index contributed by atoms with van der Waals surface area (Å²) in [5.41, 5.74) is -0.240. The lowest BCUT2D eigenvalue weighted by Gasteiger charge is -2.26. The molecule has 1 rings (SSSR count).